The van der Waals surface area contributed by atoms with Crippen molar-refractivity contribution < 1.29 is 0 Å². The summed E-state index contributed by atoms with van der Waals surface area (Å²) in [7, 11) is 0. The molecule has 0 aliphatic rings. The molecule has 94 valence electrons. The van der Waals surface area contributed by atoms with Crippen LogP contribution in [0.5, 0.6) is 0 Å². The fourth-order valence-electron chi connectivity index (χ4n) is 1.89. The number of hydrogen-bond donors (Lipinski definition) is 0. The molecule has 0 fully saturated rings. The van der Waals surface area contributed by atoms with Crippen molar-refractivity contribution in [1.82, 2.24) is 0 Å². The molecule has 0 heterocycles. The Morgan fingerprint density at radius 3 is 2.11 bits per heavy atom. The molecule has 0 bridgehead atoms. The summed E-state index contributed by atoms with van der Waals surface area (Å²) >= 11 is 19.0. The molecule has 0 aliphatic carbocycles. The van der Waals surface area contributed by atoms with Crippen LogP contribution in [0.25, 0.3) is 0 Å². The third-order valence-electron chi connectivity index (χ3n) is 2.94. The van der Waals surface area contributed by atoms with Crippen molar-refractivity contribution >= 4 is 34.8 Å². The topological polar surface area (TPSA) is 0 Å². The van der Waals surface area contributed by atoms with Gasteiger partial charge < -0.3 is 0 Å². The molecule has 0 unspecified atom stereocenters. The lowest BCUT2D eigenvalue weighted by Gasteiger charge is -2.23. The van der Waals surface area contributed by atoms with E-state index >= 15 is 0 Å². The Balaban J connectivity index is 2.53. The Hall–Kier alpha value is -0.690. The van der Waals surface area contributed by atoms with Gasteiger partial charge in [0.2, 0.25) is 0 Å². The van der Waals surface area contributed by atoms with Crippen LogP contribution in [0.3, 0.4) is 0 Å². The molecule has 3 heteroatoms. The molecule has 0 saturated heterocycles. The van der Waals surface area contributed by atoms with Gasteiger partial charge in [0.15, 0.2) is 4.33 Å². The third-order valence-corrected chi connectivity index (χ3v) is 4.03. The molecule has 0 aromatic heterocycles. The summed E-state index contributed by atoms with van der Waals surface area (Å²) in [5, 5.41) is 0.670. The highest BCUT2D eigenvalue weighted by Gasteiger charge is 2.30. The zero-order valence-electron chi connectivity index (χ0n) is 10.2. The number of halogens is 3. The first kappa shape index (κ1) is 13.7. The Bertz CT molecular complexity index is 556. The molecule has 0 nitrogen and oxygen atoms in total. The first-order valence-electron chi connectivity index (χ1n) is 5.63. The summed E-state index contributed by atoms with van der Waals surface area (Å²) in [5.74, 6) is 0. The molecule has 0 radical (unpaired) electrons. The highest BCUT2D eigenvalue weighted by molar-refractivity contribution is 6.50. The van der Waals surface area contributed by atoms with E-state index in [0.29, 0.717) is 5.02 Å². The minimum atomic E-state index is -1.05. The number of rotatable bonds is 2. The van der Waals surface area contributed by atoms with Gasteiger partial charge in [0, 0.05) is 5.02 Å². The number of aryl methyl sites for hydroxylation is 2. The molecule has 0 spiro atoms. The maximum atomic E-state index is 6.54. The molecule has 0 N–H and O–H groups in total. The number of benzene rings is 2. The van der Waals surface area contributed by atoms with Gasteiger partial charge in [-0.3, -0.25) is 0 Å². The molecule has 0 amide bonds. The van der Waals surface area contributed by atoms with Gasteiger partial charge in [-0.15, -0.1) is 0 Å². The molecule has 2 aromatic carbocycles. The molecular formula is C15H13Cl3. The molecular weight excluding hydrogens is 287 g/mol. The van der Waals surface area contributed by atoms with Gasteiger partial charge in [-0.05, 0) is 42.7 Å². The van der Waals surface area contributed by atoms with Crippen LogP contribution in [0.2, 0.25) is 5.02 Å². The van der Waals surface area contributed by atoms with Crippen molar-refractivity contribution in [2.45, 2.75) is 18.2 Å². The minimum absolute atomic E-state index is 0.670. The average molecular weight is 300 g/mol. The second-order valence-electron chi connectivity index (χ2n) is 4.40. The van der Waals surface area contributed by atoms with Crippen LogP contribution in [-0.4, -0.2) is 0 Å². The first-order chi connectivity index (χ1) is 8.41. The van der Waals surface area contributed by atoms with E-state index in [1.807, 2.05) is 44.2 Å². The fourth-order valence-corrected chi connectivity index (χ4v) is 2.67. The van der Waals surface area contributed by atoms with Gasteiger partial charge in [-0.1, -0.05) is 70.7 Å². The lowest BCUT2D eigenvalue weighted by atomic mass is 9.97. The maximum Gasteiger partial charge on any atom is 0.168 e. The van der Waals surface area contributed by atoms with E-state index < -0.39 is 4.33 Å². The second kappa shape index (κ2) is 5.13. The SMILES string of the molecule is Cc1ccc(C)c(C(Cl)(Cl)c2ccc(Cl)cc2)c1. The summed E-state index contributed by atoms with van der Waals surface area (Å²) in [6.07, 6.45) is 0. The van der Waals surface area contributed by atoms with Crippen LogP contribution >= 0.6 is 34.8 Å². The number of alkyl halides is 2. The third kappa shape index (κ3) is 2.66. The quantitative estimate of drug-likeness (QED) is 0.630. The Morgan fingerprint density at radius 2 is 1.50 bits per heavy atom. The van der Waals surface area contributed by atoms with Crippen LogP contribution in [0.4, 0.5) is 0 Å². The molecule has 0 aliphatic heterocycles. The van der Waals surface area contributed by atoms with Gasteiger partial charge in [0.25, 0.3) is 0 Å². The van der Waals surface area contributed by atoms with Crippen molar-refractivity contribution in [3.63, 3.8) is 0 Å². The van der Waals surface area contributed by atoms with Gasteiger partial charge in [-0.2, -0.15) is 0 Å². The van der Waals surface area contributed by atoms with Crippen molar-refractivity contribution in [1.29, 1.82) is 0 Å². The summed E-state index contributed by atoms with van der Waals surface area (Å²) in [4.78, 5) is 0. The van der Waals surface area contributed by atoms with E-state index in [4.69, 9.17) is 34.8 Å². The smallest absolute Gasteiger partial charge is 0.0909 e. The molecule has 2 aromatic rings. The summed E-state index contributed by atoms with van der Waals surface area (Å²) in [5.41, 5.74) is 3.94. The molecule has 0 atom stereocenters. The first-order valence-corrected chi connectivity index (χ1v) is 6.76. The predicted octanol–water partition coefficient (Wildman–Crippen LogP) is 5.64. The van der Waals surface area contributed by atoms with Crippen molar-refractivity contribution in [2.24, 2.45) is 0 Å². The van der Waals surface area contributed by atoms with E-state index in [-0.39, 0.29) is 0 Å². The van der Waals surface area contributed by atoms with Crippen molar-refractivity contribution in [3.8, 4) is 0 Å². The normalized spacial score (nSPS) is 11.6. The summed E-state index contributed by atoms with van der Waals surface area (Å²) in [6.45, 7) is 4.03. The van der Waals surface area contributed by atoms with E-state index in [1.165, 1.54) is 0 Å². The van der Waals surface area contributed by atoms with Crippen LogP contribution in [-0.2, 0) is 4.33 Å². The zero-order valence-corrected chi connectivity index (χ0v) is 12.4. The van der Waals surface area contributed by atoms with Crippen LogP contribution in [0.1, 0.15) is 22.3 Å². The number of hydrogen-bond acceptors (Lipinski definition) is 0. The summed E-state index contributed by atoms with van der Waals surface area (Å²) < 4.78 is -1.05. The van der Waals surface area contributed by atoms with Crippen molar-refractivity contribution in [2.75, 3.05) is 0 Å². The van der Waals surface area contributed by atoms with Crippen molar-refractivity contribution in [3.05, 3.63) is 69.7 Å². The van der Waals surface area contributed by atoms with Gasteiger partial charge >= 0.3 is 0 Å². The Morgan fingerprint density at radius 1 is 0.889 bits per heavy atom. The van der Waals surface area contributed by atoms with Gasteiger partial charge in [0.05, 0.1) is 0 Å². The van der Waals surface area contributed by atoms with Gasteiger partial charge in [-0.25, -0.2) is 0 Å². The van der Waals surface area contributed by atoms with E-state index in [2.05, 4.69) is 0 Å². The molecule has 18 heavy (non-hydrogen) atoms. The van der Waals surface area contributed by atoms with E-state index in [9.17, 15) is 0 Å². The Kier molecular flexibility index (Phi) is 3.91. The average Bonchev–Trinajstić information content (AvgIpc) is 2.32. The highest BCUT2D eigenvalue weighted by atomic mass is 35.5. The minimum Gasteiger partial charge on any atom is -0.0909 e. The predicted molar refractivity (Wildman–Crippen MR) is 79.9 cm³/mol. The lowest BCUT2D eigenvalue weighted by molar-refractivity contribution is 1.01. The largest absolute Gasteiger partial charge is 0.168 e. The standard InChI is InChI=1S/C15H13Cl3/c1-10-3-4-11(2)14(9-10)15(17,18)12-5-7-13(16)8-6-12/h3-9H,1-2H3. The van der Waals surface area contributed by atoms with E-state index in [1.54, 1.807) is 12.1 Å². The second-order valence-corrected chi connectivity index (χ2v) is 6.16. The monoisotopic (exact) mass is 298 g/mol. The Labute approximate surface area is 122 Å². The molecule has 0 saturated carbocycles. The van der Waals surface area contributed by atoms with Crippen LogP contribution in [0.15, 0.2) is 42.5 Å². The maximum absolute atomic E-state index is 6.54. The van der Waals surface area contributed by atoms with E-state index in [0.717, 1.165) is 22.3 Å². The molecule has 2 rings (SSSR count). The summed E-state index contributed by atoms with van der Waals surface area (Å²) in [6, 6.07) is 13.4. The fraction of sp³-hybridized carbons (Fsp3) is 0.200. The van der Waals surface area contributed by atoms with Crippen LogP contribution < -0.4 is 0 Å². The highest BCUT2D eigenvalue weighted by Crippen LogP contribution is 2.42. The lowest BCUT2D eigenvalue weighted by Crippen LogP contribution is -2.14. The van der Waals surface area contributed by atoms with Gasteiger partial charge in [0.1, 0.15) is 0 Å². The zero-order chi connectivity index (χ0) is 13.3. The van der Waals surface area contributed by atoms with Crippen LogP contribution in [0, 0.1) is 13.8 Å².